The van der Waals surface area contributed by atoms with Crippen LogP contribution >= 0.6 is 0 Å². The van der Waals surface area contributed by atoms with Crippen molar-refractivity contribution in [3.05, 3.63) is 33.2 Å². The monoisotopic (exact) mass is 413 g/mol. The van der Waals surface area contributed by atoms with Crippen LogP contribution in [0.2, 0.25) is 0 Å². The summed E-state index contributed by atoms with van der Waals surface area (Å²) in [6.07, 6.45) is 7.39. The largest absolute Gasteiger partial charge is 0.493 e. The van der Waals surface area contributed by atoms with Gasteiger partial charge in [0.25, 0.3) is 5.62 Å². The Morgan fingerprint density at radius 2 is 2.23 bits per heavy atom. The topological polar surface area (TPSA) is 149 Å². The Morgan fingerprint density at radius 3 is 2.97 bits per heavy atom. The third-order valence-corrected chi connectivity index (χ3v) is 5.24. The summed E-state index contributed by atoms with van der Waals surface area (Å²) >= 11 is 0. The van der Waals surface area contributed by atoms with Crippen molar-refractivity contribution in [3.63, 3.8) is 0 Å². The number of rotatable bonds is 6. The second-order valence-electron chi connectivity index (χ2n) is 7.59. The van der Waals surface area contributed by atoms with Crippen LogP contribution in [-0.4, -0.2) is 72.0 Å². The Balaban J connectivity index is 1.60. The lowest BCUT2D eigenvalue weighted by molar-refractivity contribution is 0.128. The molecule has 3 aromatic heterocycles. The molecule has 30 heavy (non-hydrogen) atoms. The molecule has 2 fully saturated rings. The minimum atomic E-state index is -0.491. The van der Waals surface area contributed by atoms with Crippen LogP contribution in [0.4, 0.5) is 5.95 Å². The third-order valence-electron chi connectivity index (χ3n) is 5.24. The molecule has 0 spiro atoms. The van der Waals surface area contributed by atoms with E-state index >= 15 is 0 Å². The van der Waals surface area contributed by atoms with Crippen molar-refractivity contribution in [2.45, 2.75) is 37.8 Å². The van der Waals surface area contributed by atoms with E-state index in [2.05, 4.69) is 40.5 Å². The summed E-state index contributed by atoms with van der Waals surface area (Å²) in [5.41, 5.74) is 4.06. The van der Waals surface area contributed by atoms with Crippen molar-refractivity contribution in [2.24, 2.45) is 4.99 Å². The van der Waals surface area contributed by atoms with Gasteiger partial charge >= 0.3 is 5.69 Å². The van der Waals surface area contributed by atoms with E-state index in [1.807, 2.05) is 0 Å². The van der Waals surface area contributed by atoms with Crippen molar-refractivity contribution < 1.29 is 9.84 Å². The molecule has 5 rings (SSSR count). The van der Waals surface area contributed by atoms with E-state index in [-0.39, 0.29) is 23.7 Å². The number of aromatic amines is 2. The van der Waals surface area contributed by atoms with Crippen LogP contribution in [0.5, 0.6) is 5.88 Å². The molecule has 4 heterocycles. The minimum absolute atomic E-state index is 0.242. The first-order valence-corrected chi connectivity index (χ1v) is 9.95. The van der Waals surface area contributed by atoms with Gasteiger partial charge in [-0.2, -0.15) is 19.6 Å². The highest BCUT2D eigenvalue weighted by Crippen LogP contribution is 2.22. The van der Waals surface area contributed by atoms with Crippen LogP contribution in [0.1, 0.15) is 31.4 Å². The number of nitrogens with one attached hydrogen (secondary N) is 3. The fraction of sp³-hybridized carbons (Fsp3) is 0.500. The first kappa shape index (κ1) is 18.8. The van der Waals surface area contributed by atoms with Gasteiger partial charge in [-0.15, -0.1) is 0 Å². The zero-order chi connectivity index (χ0) is 20.7. The molecular formula is C18H23N9O3. The van der Waals surface area contributed by atoms with E-state index in [1.54, 1.807) is 23.9 Å². The number of H-pyrrole nitrogens is 2. The highest BCUT2D eigenvalue weighted by molar-refractivity contribution is 5.57. The summed E-state index contributed by atoms with van der Waals surface area (Å²) in [4.78, 5) is 30.2. The number of imidazole rings is 1. The first-order valence-electron chi connectivity index (χ1n) is 9.95. The fourth-order valence-corrected chi connectivity index (χ4v) is 3.61. The van der Waals surface area contributed by atoms with E-state index < -0.39 is 5.69 Å². The quantitative estimate of drug-likeness (QED) is 0.398. The molecule has 4 N–H and O–H groups in total. The smallest absolute Gasteiger partial charge is 0.326 e. The number of aromatic hydroxyl groups is 1. The Bertz CT molecular complexity index is 1240. The number of anilines is 1. The van der Waals surface area contributed by atoms with Gasteiger partial charge in [0.2, 0.25) is 11.8 Å². The van der Waals surface area contributed by atoms with E-state index in [0.717, 1.165) is 32.2 Å². The van der Waals surface area contributed by atoms with Crippen LogP contribution < -0.4 is 22.0 Å². The van der Waals surface area contributed by atoms with Crippen molar-refractivity contribution in [3.8, 4) is 5.88 Å². The average Bonchev–Trinajstić information content (AvgIpc) is 3.12. The number of aromatic nitrogens is 6. The Hall–Kier alpha value is -3.25. The molecule has 3 aromatic rings. The molecule has 2 aliphatic rings. The highest BCUT2D eigenvalue weighted by Gasteiger charge is 2.26. The molecule has 0 bridgehead atoms. The Kier molecular flexibility index (Phi) is 4.71. The zero-order valence-electron chi connectivity index (χ0n) is 16.5. The highest BCUT2D eigenvalue weighted by atomic mass is 16.5. The van der Waals surface area contributed by atoms with Gasteiger partial charge in [-0.05, 0) is 31.8 Å². The van der Waals surface area contributed by atoms with Crippen molar-refractivity contribution in [1.29, 1.82) is 0 Å². The summed E-state index contributed by atoms with van der Waals surface area (Å²) < 4.78 is 6.90. The lowest BCUT2D eigenvalue weighted by atomic mass is 10.2. The average molecular weight is 413 g/mol. The summed E-state index contributed by atoms with van der Waals surface area (Å²) in [6, 6.07) is 0.502. The SMILES string of the molecule is COC[C@@H]1CCCN1Nc1nc(=NC2CC2)n2ncc(=Cc3[nH]c(=O)[nH]c3O)c2n1. The molecule has 0 amide bonds. The molecule has 158 valence electrons. The summed E-state index contributed by atoms with van der Waals surface area (Å²) in [7, 11) is 1.70. The molecule has 0 radical (unpaired) electrons. The van der Waals surface area contributed by atoms with Crippen LogP contribution in [0, 0.1) is 0 Å². The molecule has 12 heteroatoms. The van der Waals surface area contributed by atoms with Gasteiger partial charge in [-0.3, -0.25) is 10.4 Å². The normalized spacial score (nSPS) is 21.2. The number of fused-ring (bicyclic) bond motifs is 1. The maximum atomic E-state index is 11.4. The third kappa shape index (κ3) is 3.66. The molecule has 1 atom stereocenters. The number of methoxy groups -OCH3 is 1. The lowest BCUT2D eigenvalue weighted by Crippen LogP contribution is -2.39. The van der Waals surface area contributed by atoms with E-state index in [9.17, 15) is 9.90 Å². The first-order chi connectivity index (χ1) is 14.6. The molecule has 1 saturated heterocycles. The van der Waals surface area contributed by atoms with Crippen molar-refractivity contribution >= 4 is 17.7 Å². The number of nitrogens with zero attached hydrogens (tertiary/aromatic N) is 6. The molecular weight excluding hydrogens is 390 g/mol. The maximum absolute atomic E-state index is 11.4. The Morgan fingerprint density at radius 1 is 1.37 bits per heavy atom. The standard InChI is InChI=1S/C18H23N9O3/c1-30-9-12-3-2-6-26(12)25-16-22-14-10(7-13-15(28)23-18(29)21-13)8-19-27(14)17(24-16)20-11-4-5-11/h7-8,11-12,28H,2-6,9H2,1H3,(H,20,24,25)(H2,21,23,29)/t12-/m0/s1. The van der Waals surface area contributed by atoms with Crippen LogP contribution in [-0.2, 0) is 4.74 Å². The van der Waals surface area contributed by atoms with Crippen molar-refractivity contribution in [2.75, 3.05) is 25.7 Å². The molecule has 0 unspecified atom stereocenters. The lowest BCUT2D eigenvalue weighted by Gasteiger charge is -2.24. The Labute approximate surface area is 170 Å². The predicted molar refractivity (Wildman–Crippen MR) is 106 cm³/mol. The van der Waals surface area contributed by atoms with Gasteiger partial charge in [0.15, 0.2) is 5.65 Å². The van der Waals surface area contributed by atoms with Gasteiger partial charge in [0.1, 0.15) is 5.69 Å². The molecule has 1 aliphatic carbocycles. The number of hydrazine groups is 1. The van der Waals surface area contributed by atoms with E-state index in [0.29, 0.717) is 29.0 Å². The summed E-state index contributed by atoms with van der Waals surface area (Å²) in [6.45, 7) is 1.49. The molecule has 1 saturated carbocycles. The summed E-state index contributed by atoms with van der Waals surface area (Å²) in [5.74, 6) is 0.181. The molecule has 0 aromatic carbocycles. The maximum Gasteiger partial charge on any atom is 0.326 e. The van der Waals surface area contributed by atoms with Gasteiger partial charge in [-0.25, -0.2) is 14.8 Å². The molecule has 12 nitrogen and oxygen atoms in total. The zero-order valence-corrected chi connectivity index (χ0v) is 16.5. The molecule has 1 aliphatic heterocycles. The van der Waals surface area contributed by atoms with Gasteiger partial charge < -0.3 is 14.8 Å². The van der Waals surface area contributed by atoms with E-state index in [1.165, 1.54) is 0 Å². The van der Waals surface area contributed by atoms with Gasteiger partial charge in [0.05, 0.1) is 24.9 Å². The van der Waals surface area contributed by atoms with Gasteiger partial charge in [0, 0.05) is 18.9 Å². The minimum Gasteiger partial charge on any atom is -0.493 e. The van der Waals surface area contributed by atoms with Crippen LogP contribution in [0.25, 0.3) is 11.7 Å². The van der Waals surface area contributed by atoms with E-state index in [4.69, 9.17) is 4.74 Å². The second kappa shape index (κ2) is 7.54. The predicted octanol–water partition coefficient (Wildman–Crippen LogP) is -1.11. The van der Waals surface area contributed by atoms with Crippen molar-refractivity contribution in [1.82, 2.24) is 34.6 Å². The second-order valence-corrected chi connectivity index (χ2v) is 7.59. The number of ether oxygens (including phenoxy) is 1. The summed E-state index contributed by atoms with van der Waals surface area (Å²) in [5, 5.41) is 17.0. The van der Waals surface area contributed by atoms with Gasteiger partial charge in [-0.1, -0.05) is 0 Å². The number of hydrogen-bond donors (Lipinski definition) is 4. The fourth-order valence-electron chi connectivity index (χ4n) is 3.61. The van der Waals surface area contributed by atoms with Crippen LogP contribution in [0.3, 0.4) is 0 Å². The number of hydrogen-bond acceptors (Lipinski definition) is 9. The van der Waals surface area contributed by atoms with Crippen LogP contribution in [0.15, 0.2) is 16.0 Å².